The summed E-state index contributed by atoms with van der Waals surface area (Å²) in [4.78, 5) is 19.4. The Morgan fingerprint density at radius 1 is 1.23 bits per heavy atom. The first kappa shape index (κ1) is 16.6. The second-order valence-electron chi connectivity index (χ2n) is 5.80. The third-order valence-corrected chi connectivity index (χ3v) is 4.72. The van der Waals surface area contributed by atoms with Crippen LogP contribution in [0.15, 0.2) is 42.6 Å². The van der Waals surface area contributed by atoms with Gasteiger partial charge in [0.05, 0.1) is 39.2 Å². The predicted molar refractivity (Wildman–Crippen MR) is 102 cm³/mol. The molecule has 0 saturated heterocycles. The van der Waals surface area contributed by atoms with Crippen molar-refractivity contribution in [3.8, 4) is 17.1 Å². The number of H-pyrrole nitrogens is 1. The summed E-state index contributed by atoms with van der Waals surface area (Å²) in [6.07, 6.45) is 1.70. The Morgan fingerprint density at radius 2 is 2.04 bits per heavy atom. The molecular weight excluding hydrogens is 373 g/mol. The number of nitrogens with one attached hydrogen (secondary N) is 1. The molecule has 0 unspecified atom stereocenters. The summed E-state index contributed by atoms with van der Waals surface area (Å²) >= 11 is 12.3. The molecule has 0 aliphatic heterocycles. The smallest absolute Gasteiger partial charge is 0.250 e. The fraction of sp³-hybridized carbons (Fsp3) is 0.0556. The minimum atomic E-state index is -0.519. The number of imidazole rings is 1. The van der Waals surface area contributed by atoms with Gasteiger partial charge in [0, 0.05) is 5.02 Å². The van der Waals surface area contributed by atoms with Crippen LogP contribution in [0.4, 0.5) is 0 Å². The number of primary amides is 1. The number of para-hydroxylation sites is 1. The van der Waals surface area contributed by atoms with Gasteiger partial charge in [-0.1, -0.05) is 29.3 Å². The van der Waals surface area contributed by atoms with Crippen molar-refractivity contribution in [1.29, 1.82) is 0 Å². The lowest BCUT2D eigenvalue weighted by atomic mass is 10.2. The van der Waals surface area contributed by atoms with Crippen molar-refractivity contribution in [2.45, 2.75) is 6.92 Å². The van der Waals surface area contributed by atoms with E-state index < -0.39 is 5.91 Å². The normalized spacial score (nSPS) is 11.2. The molecule has 1 amide bonds. The first-order valence-electron chi connectivity index (χ1n) is 7.74. The Morgan fingerprint density at radius 3 is 2.77 bits per heavy atom. The van der Waals surface area contributed by atoms with Crippen LogP contribution in [0.3, 0.4) is 0 Å². The number of amides is 1. The average molecular weight is 386 g/mol. The van der Waals surface area contributed by atoms with Gasteiger partial charge in [-0.05, 0) is 37.3 Å². The monoisotopic (exact) mass is 385 g/mol. The van der Waals surface area contributed by atoms with Crippen molar-refractivity contribution in [2.75, 3.05) is 0 Å². The zero-order valence-corrected chi connectivity index (χ0v) is 15.1. The van der Waals surface area contributed by atoms with Crippen molar-refractivity contribution >= 4 is 40.1 Å². The third-order valence-electron chi connectivity index (χ3n) is 4.18. The lowest BCUT2D eigenvalue weighted by Gasteiger charge is -2.07. The molecule has 2 aromatic heterocycles. The number of nitrogens with two attached hydrogens (primary N) is 1. The molecule has 4 aromatic rings. The van der Waals surface area contributed by atoms with Crippen molar-refractivity contribution in [3.05, 3.63) is 63.9 Å². The highest BCUT2D eigenvalue weighted by atomic mass is 35.5. The molecule has 3 N–H and O–H groups in total. The van der Waals surface area contributed by atoms with E-state index in [4.69, 9.17) is 28.9 Å². The summed E-state index contributed by atoms with van der Waals surface area (Å²) in [5.74, 6) is 0.0801. The quantitative estimate of drug-likeness (QED) is 0.555. The molecule has 4 rings (SSSR count). The standard InChI is InChI=1S/C18H13Cl2N5O/c1-9-12(8-22-25(9)15-6-5-10(19)7-13(15)20)18-23-14-4-2-3-11(17(21)26)16(14)24-18/h2-8H,1H3,(H2,21,26)(H,23,24). The van der Waals surface area contributed by atoms with Gasteiger partial charge in [0.1, 0.15) is 11.3 Å². The highest BCUT2D eigenvalue weighted by molar-refractivity contribution is 6.35. The summed E-state index contributed by atoms with van der Waals surface area (Å²) in [7, 11) is 0. The Bertz CT molecular complexity index is 1160. The van der Waals surface area contributed by atoms with Crippen molar-refractivity contribution in [3.63, 3.8) is 0 Å². The molecule has 2 heterocycles. The molecule has 26 heavy (non-hydrogen) atoms. The van der Waals surface area contributed by atoms with E-state index >= 15 is 0 Å². The van der Waals surface area contributed by atoms with E-state index in [0.717, 1.165) is 16.8 Å². The van der Waals surface area contributed by atoms with Crippen LogP contribution in [0.25, 0.3) is 28.1 Å². The van der Waals surface area contributed by atoms with Crippen molar-refractivity contribution < 1.29 is 4.79 Å². The summed E-state index contributed by atoms with van der Waals surface area (Å²) in [6, 6.07) is 10.5. The van der Waals surface area contributed by atoms with E-state index in [9.17, 15) is 4.79 Å². The molecule has 0 spiro atoms. The Balaban J connectivity index is 1.85. The fourth-order valence-corrected chi connectivity index (χ4v) is 3.39. The number of hydrogen-bond donors (Lipinski definition) is 2. The first-order chi connectivity index (χ1) is 12.5. The van der Waals surface area contributed by atoms with Gasteiger partial charge in [0.15, 0.2) is 0 Å². The number of aromatic nitrogens is 4. The van der Waals surface area contributed by atoms with Gasteiger partial charge in [0.2, 0.25) is 0 Å². The molecule has 0 atom stereocenters. The molecule has 0 bridgehead atoms. The van der Waals surface area contributed by atoms with Crippen LogP contribution in [0.2, 0.25) is 10.0 Å². The van der Waals surface area contributed by atoms with Crippen LogP contribution in [0.1, 0.15) is 16.1 Å². The molecule has 2 aromatic carbocycles. The van der Waals surface area contributed by atoms with E-state index in [1.807, 2.05) is 13.0 Å². The average Bonchev–Trinajstić information content (AvgIpc) is 3.18. The van der Waals surface area contributed by atoms with Crippen molar-refractivity contribution in [2.24, 2.45) is 5.73 Å². The van der Waals surface area contributed by atoms with E-state index in [1.165, 1.54) is 0 Å². The highest BCUT2D eigenvalue weighted by Gasteiger charge is 2.17. The van der Waals surface area contributed by atoms with E-state index in [1.54, 1.807) is 41.2 Å². The maximum absolute atomic E-state index is 11.6. The van der Waals surface area contributed by atoms with Crippen LogP contribution in [-0.4, -0.2) is 25.7 Å². The number of carbonyl (C=O) groups excluding carboxylic acids is 1. The number of halogens is 2. The van der Waals surface area contributed by atoms with E-state index in [2.05, 4.69) is 15.1 Å². The molecule has 130 valence electrons. The highest BCUT2D eigenvalue weighted by Crippen LogP contribution is 2.29. The number of fused-ring (bicyclic) bond motifs is 1. The zero-order valence-electron chi connectivity index (χ0n) is 13.6. The third kappa shape index (κ3) is 2.64. The number of benzene rings is 2. The van der Waals surface area contributed by atoms with Crippen molar-refractivity contribution in [1.82, 2.24) is 19.7 Å². The maximum atomic E-state index is 11.6. The lowest BCUT2D eigenvalue weighted by Crippen LogP contribution is -2.11. The second kappa shape index (κ2) is 6.16. The molecule has 0 aliphatic carbocycles. The van der Waals surface area contributed by atoms with Gasteiger partial charge in [-0.15, -0.1) is 0 Å². The summed E-state index contributed by atoms with van der Waals surface area (Å²) in [5.41, 5.74) is 9.42. The zero-order chi connectivity index (χ0) is 18.4. The first-order valence-corrected chi connectivity index (χ1v) is 8.50. The topological polar surface area (TPSA) is 89.6 Å². The Labute approximate surface area is 158 Å². The van der Waals surface area contributed by atoms with Gasteiger partial charge < -0.3 is 10.7 Å². The van der Waals surface area contributed by atoms with Gasteiger partial charge in [0.25, 0.3) is 5.91 Å². The minimum absolute atomic E-state index is 0.371. The molecule has 0 saturated carbocycles. The van der Waals surface area contributed by atoms with E-state index in [0.29, 0.717) is 32.6 Å². The molecule has 0 radical (unpaired) electrons. The fourth-order valence-electron chi connectivity index (χ4n) is 2.90. The Hall–Kier alpha value is -2.83. The van der Waals surface area contributed by atoms with Gasteiger partial charge >= 0.3 is 0 Å². The van der Waals surface area contributed by atoms with Crippen LogP contribution in [0.5, 0.6) is 0 Å². The van der Waals surface area contributed by atoms with Crippen LogP contribution in [-0.2, 0) is 0 Å². The predicted octanol–water partition coefficient (Wildman–Crippen LogP) is 4.13. The SMILES string of the molecule is Cc1c(-c2nc3c(C(N)=O)cccc3[nH]2)cnn1-c1ccc(Cl)cc1Cl. The van der Waals surface area contributed by atoms with E-state index in [-0.39, 0.29) is 0 Å². The van der Waals surface area contributed by atoms with Crippen LogP contribution in [0, 0.1) is 6.92 Å². The van der Waals surface area contributed by atoms with Gasteiger partial charge in [-0.3, -0.25) is 4.79 Å². The van der Waals surface area contributed by atoms with Crippen LogP contribution < -0.4 is 5.73 Å². The van der Waals surface area contributed by atoms with Gasteiger partial charge in [-0.25, -0.2) is 9.67 Å². The Kier molecular flexibility index (Phi) is 3.94. The molecule has 8 heteroatoms. The summed E-state index contributed by atoms with van der Waals surface area (Å²) in [5, 5.41) is 5.47. The maximum Gasteiger partial charge on any atom is 0.250 e. The largest absolute Gasteiger partial charge is 0.366 e. The summed E-state index contributed by atoms with van der Waals surface area (Å²) in [6.45, 7) is 1.91. The van der Waals surface area contributed by atoms with Crippen LogP contribution >= 0.6 is 23.2 Å². The molecular formula is C18H13Cl2N5O. The molecule has 0 fully saturated rings. The molecule has 6 nitrogen and oxygen atoms in total. The number of hydrogen-bond acceptors (Lipinski definition) is 3. The lowest BCUT2D eigenvalue weighted by molar-refractivity contribution is 0.100. The summed E-state index contributed by atoms with van der Waals surface area (Å²) < 4.78 is 1.72. The number of carbonyl (C=O) groups is 1. The number of rotatable bonds is 3. The number of aromatic amines is 1. The second-order valence-corrected chi connectivity index (χ2v) is 6.65. The van der Waals surface area contributed by atoms with Gasteiger partial charge in [-0.2, -0.15) is 5.10 Å². The molecule has 0 aliphatic rings. The number of nitrogens with zero attached hydrogens (tertiary/aromatic N) is 3. The minimum Gasteiger partial charge on any atom is -0.366 e.